The van der Waals surface area contributed by atoms with E-state index in [9.17, 15) is 9.59 Å². The number of benzene rings is 2. The van der Waals surface area contributed by atoms with Crippen molar-refractivity contribution in [2.24, 2.45) is 4.99 Å². The minimum absolute atomic E-state index is 0.0569. The molecule has 7 nitrogen and oxygen atoms in total. The van der Waals surface area contributed by atoms with E-state index in [1.165, 1.54) is 11.3 Å². The van der Waals surface area contributed by atoms with E-state index in [0.29, 0.717) is 26.4 Å². The van der Waals surface area contributed by atoms with Crippen molar-refractivity contribution >= 4 is 23.4 Å². The maximum absolute atomic E-state index is 13.5. The molecule has 0 aliphatic carbocycles. The zero-order valence-electron chi connectivity index (χ0n) is 18.1. The monoisotopic (exact) mass is 459 g/mol. The van der Waals surface area contributed by atoms with Gasteiger partial charge >= 0.3 is 5.97 Å². The lowest BCUT2D eigenvalue weighted by Gasteiger charge is -2.24. The van der Waals surface area contributed by atoms with Gasteiger partial charge in [-0.2, -0.15) is 5.26 Å². The Labute approximate surface area is 194 Å². The molecule has 0 fully saturated rings. The standard InChI is InChI=1S/C25H21N3O4S/c1-3-31-24(30)21-16(2)27-25-28(22(21)18-9-5-4-6-10-18)23(29)20(33-25)15-17-8-7-11-19(14-17)32-13-12-26/h4-11,14-15,22H,3,13H2,1-2H3/b20-15-/t22-/m1/s1. The first-order valence-electron chi connectivity index (χ1n) is 10.4. The molecule has 0 radical (unpaired) electrons. The molecule has 4 rings (SSSR count). The maximum Gasteiger partial charge on any atom is 0.338 e. The fourth-order valence-corrected chi connectivity index (χ4v) is 4.75. The Balaban J connectivity index is 1.88. The van der Waals surface area contributed by atoms with E-state index >= 15 is 0 Å². The average Bonchev–Trinajstić information content (AvgIpc) is 3.12. The summed E-state index contributed by atoms with van der Waals surface area (Å²) < 4.78 is 12.7. The van der Waals surface area contributed by atoms with Crippen molar-refractivity contribution in [3.8, 4) is 11.8 Å². The number of nitrogens with zero attached hydrogens (tertiary/aromatic N) is 3. The Morgan fingerprint density at radius 3 is 2.76 bits per heavy atom. The lowest BCUT2D eigenvalue weighted by atomic mass is 9.96. The summed E-state index contributed by atoms with van der Waals surface area (Å²) in [6, 6.07) is 17.9. The van der Waals surface area contributed by atoms with Gasteiger partial charge in [0.15, 0.2) is 11.4 Å². The predicted molar refractivity (Wildman–Crippen MR) is 124 cm³/mol. The maximum atomic E-state index is 13.5. The van der Waals surface area contributed by atoms with E-state index in [1.54, 1.807) is 42.7 Å². The molecule has 2 aromatic carbocycles. The zero-order valence-corrected chi connectivity index (χ0v) is 19.0. The molecule has 0 saturated carbocycles. The minimum Gasteiger partial charge on any atom is -0.479 e. The Hall–Kier alpha value is -3.96. The molecule has 1 atom stereocenters. The number of fused-ring (bicyclic) bond motifs is 1. The molecule has 0 bridgehead atoms. The number of aromatic nitrogens is 1. The quantitative estimate of drug-likeness (QED) is 0.529. The van der Waals surface area contributed by atoms with Gasteiger partial charge in [-0.15, -0.1) is 0 Å². The van der Waals surface area contributed by atoms with Crippen LogP contribution in [0, 0.1) is 11.3 Å². The van der Waals surface area contributed by atoms with Crippen molar-refractivity contribution in [1.82, 2.24) is 4.57 Å². The lowest BCUT2D eigenvalue weighted by Crippen LogP contribution is -2.39. The Morgan fingerprint density at radius 1 is 1.24 bits per heavy atom. The number of hydrogen-bond donors (Lipinski definition) is 0. The molecular formula is C25H21N3O4S. The van der Waals surface area contributed by atoms with E-state index in [-0.39, 0.29) is 18.8 Å². The topological polar surface area (TPSA) is 93.7 Å². The number of thiazole rings is 1. The van der Waals surface area contributed by atoms with Crippen molar-refractivity contribution in [1.29, 1.82) is 5.26 Å². The highest BCUT2D eigenvalue weighted by Gasteiger charge is 2.33. The predicted octanol–water partition coefficient (Wildman–Crippen LogP) is 2.70. The summed E-state index contributed by atoms with van der Waals surface area (Å²) in [5, 5.41) is 8.72. The van der Waals surface area contributed by atoms with Crippen LogP contribution in [0.3, 0.4) is 0 Å². The molecule has 1 aromatic heterocycles. The van der Waals surface area contributed by atoms with Crippen molar-refractivity contribution in [2.75, 3.05) is 13.2 Å². The highest BCUT2D eigenvalue weighted by atomic mass is 32.1. The van der Waals surface area contributed by atoms with Gasteiger partial charge in [-0.25, -0.2) is 9.79 Å². The van der Waals surface area contributed by atoms with Crippen molar-refractivity contribution in [2.45, 2.75) is 19.9 Å². The second-order valence-corrected chi connectivity index (χ2v) is 8.24. The Kier molecular flexibility index (Phi) is 6.52. The molecule has 0 saturated heterocycles. The third-order valence-electron chi connectivity index (χ3n) is 5.09. The van der Waals surface area contributed by atoms with Gasteiger partial charge in [0.2, 0.25) is 0 Å². The molecular weight excluding hydrogens is 438 g/mol. The molecule has 0 spiro atoms. The first kappa shape index (κ1) is 22.2. The van der Waals surface area contributed by atoms with Crippen LogP contribution in [0.15, 0.2) is 75.7 Å². The van der Waals surface area contributed by atoms with Gasteiger partial charge < -0.3 is 9.47 Å². The highest BCUT2D eigenvalue weighted by molar-refractivity contribution is 7.07. The van der Waals surface area contributed by atoms with Crippen LogP contribution in [-0.2, 0) is 9.53 Å². The van der Waals surface area contributed by atoms with E-state index in [2.05, 4.69) is 4.99 Å². The zero-order chi connectivity index (χ0) is 23.4. The third-order valence-corrected chi connectivity index (χ3v) is 6.07. The summed E-state index contributed by atoms with van der Waals surface area (Å²) in [5.74, 6) is 0.0601. The Morgan fingerprint density at radius 2 is 2.03 bits per heavy atom. The molecule has 1 aliphatic rings. The second-order valence-electron chi connectivity index (χ2n) is 7.23. The summed E-state index contributed by atoms with van der Waals surface area (Å²) in [6.45, 7) is 3.68. The average molecular weight is 460 g/mol. The van der Waals surface area contributed by atoms with Crippen LogP contribution in [-0.4, -0.2) is 23.8 Å². The van der Waals surface area contributed by atoms with Gasteiger partial charge in [-0.1, -0.05) is 53.8 Å². The molecule has 0 amide bonds. The van der Waals surface area contributed by atoms with Gasteiger partial charge in [0.1, 0.15) is 11.8 Å². The molecule has 0 N–H and O–H groups in total. The highest BCUT2D eigenvalue weighted by Crippen LogP contribution is 2.30. The van der Waals surface area contributed by atoms with E-state index < -0.39 is 12.0 Å². The largest absolute Gasteiger partial charge is 0.479 e. The molecule has 0 unspecified atom stereocenters. The normalized spacial score (nSPS) is 15.4. The first-order valence-corrected chi connectivity index (χ1v) is 11.2. The minimum atomic E-state index is -0.631. The van der Waals surface area contributed by atoms with Crippen LogP contribution in [0.2, 0.25) is 0 Å². The van der Waals surface area contributed by atoms with E-state index in [4.69, 9.17) is 14.7 Å². The SMILES string of the molecule is CCOC(=O)C1=C(C)N=c2s/c(=C\c3cccc(OCC#N)c3)c(=O)n2[C@@H]1c1ccccc1. The van der Waals surface area contributed by atoms with E-state index in [0.717, 1.165) is 11.1 Å². The smallest absolute Gasteiger partial charge is 0.338 e. The second kappa shape index (κ2) is 9.67. The molecule has 3 aromatic rings. The van der Waals surface area contributed by atoms with Crippen LogP contribution in [0.1, 0.15) is 31.0 Å². The summed E-state index contributed by atoms with van der Waals surface area (Å²) in [5.41, 5.74) is 2.20. The molecule has 2 heterocycles. The molecule has 1 aliphatic heterocycles. The van der Waals surface area contributed by atoms with Gasteiger partial charge in [-0.05, 0) is 43.2 Å². The lowest BCUT2D eigenvalue weighted by molar-refractivity contribution is -0.139. The number of ether oxygens (including phenoxy) is 2. The number of carbonyl (C=O) groups excluding carboxylic acids is 1. The van der Waals surface area contributed by atoms with Crippen molar-refractivity contribution in [3.63, 3.8) is 0 Å². The number of nitriles is 1. The van der Waals surface area contributed by atoms with Crippen molar-refractivity contribution in [3.05, 3.63) is 96.7 Å². The van der Waals surface area contributed by atoms with Gasteiger partial charge in [-0.3, -0.25) is 9.36 Å². The van der Waals surface area contributed by atoms with Crippen LogP contribution in [0.5, 0.6) is 5.75 Å². The Bertz CT molecular complexity index is 1450. The fourth-order valence-electron chi connectivity index (χ4n) is 3.70. The van der Waals surface area contributed by atoms with Gasteiger partial charge in [0.25, 0.3) is 5.56 Å². The van der Waals surface area contributed by atoms with Crippen LogP contribution in [0.4, 0.5) is 0 Å². The van der Waals surface area contributed by atoms with Crippen LogP contribution < -0.4 is 19.6 Å². The van der Waals surface area contributed by atoms with Gasteiger partial charge in [0.05, 0.1) is 28.5 Å². The summed E-state index contributed by atoms with van der Waals surface area (Å²) in [4.78, 5) is 31.4. The number of hydrogen-bond acceptors (Lipinski definition) is 7. The fraction of sp³-hybridized carbons (Fsp3) is 0.200. The number of rotatable bonds is 6. The molecule has 8 heteroatoms. The summed E-state index contributed by atoms with van der Waals surface area (Å²) in [6.07, 6.45) is 1.76. The molecule has 33 heavy (non-hydrogen) atoms. The first-order chi connectivity index (χ1) is 16.0. The van der Waals surface area contributed by atoms with Crippen LogP contribution in [0.25, 0.3) is 6.08 Å². The number of carbonyl (C=O) groups is 1. The summed E-state index contributed by atoms with van der Waals surface area (Å²) in [7, 11) is 0. The van der Waals surface area contributed by atoms with Crippen molar-refractivity contribution < 1.29 is 14.3 Å². The third kappa shape index (κ3) is 4.49. The number of esters is 1. The molecule has 166 valence electrons. The van der Waals surface area contributed by atoms with Crippen LogP contribution >= 0.6 is 11.3 Å². The number of allylic oxidation sites excluding steroid dienone is 1. The van der Waals surface area contributed by atoms with Gasteiger partial charge in [0, 0.05) is 0 Å². The summed E-state index contributed by atoms with van der Waals surface area (Å²) >= 11 is 1.26. The van der Waals surface area contributed by atoms with E-state index in [1.807, 2.05) is 42.5 Å².